The van der Waals surface area contributed by atoms with Crippen LogP contribution in [0.5, 0.6) is 0 Å². The number of hydrogen-bond acceptors (Lipinski definition) is 5. The van der Waals surface area contributed by atoms with Gasteiger partial charge in [-0.15, -0.1) is 0 Å². The molecule has 1 heterocycles. The van der Waals surface area contributed by atoms with Gasteiger partial charge < -0.3 is 15.1 Å². The number of carbonyl (C=O) groups is 1. The van der Waals surface area contributed by atoms with E-state index in [4.69, 9.17) is 16.3 Å². The number of carbonyl (C=O) groups excluding carboxylic acids is 1. The Kier molecular flexibility index (Phi) is 6.10. The van der Waals surface area contributed by atoms with Crippen LogP contribution < -0.4 is 16.7 Å². The van der Waals surface area contributed by atoms with Crippen molar-refractivity contribution in [1.82, 2.24) is 9.66 Å². The van der Waals surface area contributed by atoms with E-state index in [2.05, 4.69) is 10.4 Å². The second-order valence-corrected chi connectivity index (χ2v) is 7.42. The molecule has 0 atom stereocenters. The van der Waals surface area contributed by atoms with Crippen LogP contribution in [0.15, 0.2) is 27.8 Å². The van der Waals surface area contributed by atoms with Crippen molar-refractivity contribution in [2.24, 2.45) is 0 Å². The normalized spacial score (nSPS) is 11.3. The molecule has 2 N–H and O–H groups in total. The fourth-order valence-corrected chi connectivity index (χ4v) is 2.58. The van der Waals surface area contributed by atoms with E-state index in [1.807, 2.05) is 0 Å². The zero-order valence-electron chi connectivity index (χ0n) is 15.5. The second-order valence-electron chi connectivity index (χ2n) is 7.01. The summed E-state index contributed by atoms with van der Waals surface area (Å²) in [5.74, 6) is -1.08. The van der Waals surface area contributed by atoms with E-state index in [9.17, 15) is 18.8 Å². The highest BCUT2D eigenvalue weighted by Crippen LogP contribution is 2.16. The molecule has 0 aliphatic rings. The number of hydrogen-bond donors (Lipinski definition) is 2. The van der Waals surface area contributed by atoms with E-state index in [1.54, 1.807) is 20.8 Å². The Morgan fingerprint density at radius 1 is 1.33 bits per heavy atom. The summed E-state index contributed by atoms with van der Waals surface area (Å²) in [5.41, 5.74) is 1.27. The van der Waals surface area contributed by atoms with Crippen LogP contribution in [-0.4, -0.2) is 21.2 Å². The highest BCUT2D eigenvalue weighted by molar-refractivity contribution is 6.31. The molecule has 0 aliphatic heterocycles. The number of nitrogens with one attached hydrogen (secondary N) is 2. The van der Waals surface area contributed by atoms with Gasteiger partial charge in [-0.3, -0.25) is 9.59 Å². The number of halogens is 2. The maximum atomic E-state index is 13.4. The first-order valence-corrected chi connectivity index (χ1v) is 8.60. The fraction of sp³-hybridized carbons (Fsp3) is 0.389. The predicted octanol–water partition coefficient (Wildman–Crippen LogP) is 2.27. The van der Waals surface area contributed by atoms with Gasteiger partial charge in [0, 0.05) is 16.3 Å². The first kappa shape index (κ1) is 20.7. The molecule has 146 valence electrons. The Hall–Kier alpha value is -2.61. The zero-order chi connectivity index (χ0) is 20.4. The third-order valence-electron chi connectivity index (χ3n) is 3.59. The van der Waals surface area contributed by atoms with Crippen LogP contribution in [-0.2, 0) is 22.5 Å². The SMILES string of the molecule is Cc1[nH]c(=O)n(NCc2cc(F)ccc2Cl)c(=O)c1CC(=O)OC(C)(C)C. The number of nitrogens with zero attached hydrogens (tertiary/aromatic N) is 1. The molecular weight excluding hydrogens is 377 g/mol. The molecule has 0 amide bonds. The summed E-state index contributed by atoms with van der Waals surface area (Å²) in [6.45, 7) is 6.61. The number of ether oxygens (including phenoxy) is 1. The minimum absolute atomic E-state index is 0.0610. The van der Waals surface area contributed by atoms with Crippen LogP contribution in [0.2, 0.25) is 5.02 Å². The first-order chi connectivity index (χ1) is 12.5. The number of esters is 1. The molecule has 0 unspecified atom stereocenters. The molecule has 0 aliphatic carbocycles. The van der Waals surface area contributed by atoms with Gasteiger partial charge in [0.2, 0.25) is 0 Å². The molecule has 1 aromatic heterocycles. The highest BCUT2D eigenvalue weighted by Gasteiger charge is 2.20. The number of aromatic nitrogens is 2. The molecule has 2 aromatic rings. The monoisotopic (exact) mass is 397 g/mol. The van der Waals surface area contributed by atoms with Gasteiger partial charge in [-0.05, 0) is 51.5 Å². The quantitative estimate of drug-likeness (QED) is 0.755. The third kappa shape index (κ3) is 5.43. The molecule has 7 nitrogen and oxygen atoms in total. The molecule has 0 radical (unpaired) electrons. The van der Waals surface area contributed by atoms with Crippen molar-refractivity contribution in [3.8, 4) is 0 Å². The van der Waals surface area contributed by atoms with Crippen molar-refractivity contribution in [2.75, 3.05) is 5.43 Å². The number of benzene rings is 1. The molecular formula is C18H21ClFN3O4. The number of rotatable bonds is 5. The van der Waals surface area contributed by atoms with E-state index in [1.165, 1.54) is 25.1 Å². The van der Waals surface area contributed by atoms with Crippen LogP contribution in [0.4, 0.5) is 4.39 Å². The Bertz CT molecular complexity index is 976. The van der Waals surface area contributed by atoms with Gasteiger partial charge in [0.1, 0.15) is 11.4 Å². The average Bonchev–Trinajstić information content (AvgIpc) is 2.52. The highest BCUT2D eigenvalue weighted by atomic mass is 35.5. The van der Waals surface area contributed by atoms with Crippen molar-refractivity contribution in [2.45, 2.75) is 46.3 Å². The second kappa shape index (κ2) is 7.96. The van der Waals surface area contributed by atoms with Crippen LogP contribution in [0, 0.1) is 12.7 Å². The molecule has 0 bridgehead atoms. The van der Waals surface area contributed by atoms with Crippen LogP contribution in [0.25, 0.3) is 0 Å². The van der Waals surface area contributed by atoms with Gasteiger partial charge in [-0.2, -0.15) is 4.68 Å². The van der Waals surface area contributed by atoms with Gasteiger partial charge in [-0.25, -0.2) is 9.18 Å². The number of H-pyrrole nitrogens is 1. The fourth-order valence-electron chi connectivity index (χ4n) is 2.40. The summed E-state index contributed by atoms with van der Waals surface area (Å²) in [4.78, 5) is 39.3. The van der Waals surface area contributed by atoms with Crippen molar-refractivity contribution in [3.05, 3.63) is 66.7 Å². The van der Waals surface area contributed by atoms with Crippen molar-refractivity contribution in [3.63, 3.8) is 0 Å². The smallest absolute Gasteiger partial charge is 0.347 e. The minimum atomic E-state index is -0.710. The van der Waals surface area contributed by atoms with Gasteiger partial charge >= 0.3 is 11.7 Å². The molecule has 2 rings (SSSR count). The lowest BCUT2D eigenvalue weighted by molar-refractivity contribution is -0.153. The predicted molar refractivity (Wildman–Crippen MR) is 100 cm³/mol. The summed E-state index contributed by atoms with van der Waals surface area (Å²) < 4.78 is 19.3. The van der Waals surface area contributed by atoms with E-state index < -0.39 is 28.6 Å². The van der Waals surface area contributed by atoms with Gasteiger partial charge in [-0.1, -0.05) is 11.6 Å². The number of aryl methyl sites for hydroxylation is 1. The summed E-state index contributed by atoms with van der Waals surface area (Å²) in [5, 5.41) is 0.287. The Morgan fingerprint density at radius 2 is 2.00 bits per heavy atom. The topological polar surface area (TPSA) is 93.2 Å². The molecule has 27 heavy (non-hydrogen) atoms. The van der Waals surface area contributed by atoms with Crippen molar-refractivity contribution < 1.29 is 13.9 Å². The van der Waals surface area contributed by atoms with Crippen molar-refractivity contribution in [1.29, 1.82) is 0 Å². The minimum Gasteiger partial charge on any atom is -0.460 e. The third-order valence-corrected chi connectivity index (χ3v) is 3.96. The standard InChI is InChI=1S/C18H21ClFN3O4/c1-10-13(8-15(24)27-18(2,3)4)16(25)23(17(26)22-10)21-9-11-7-12(20)5-6-14(11)19/h5-7,21H,8-9H2,1-4H3,(H,22,26). The van der Waals surface area contributed by atoms with Crippen LogP contribution >= 0.6 is 11.6 Å². The van der Waals surface area contributed by atoms with Gasteiger partial charge in [0.15, 0.2) is 0 Å². The maximum absolute atomic E-state index is 13.4. The molecule has 0 fully saturated rings. The lowest BCUT2D eigenvalue weighted by atomic mass is 10.1. The molecule has 0 spiro atoms. The molecule has 0 saturated carbocycles. The van der Waals surface area contributed by atoms with E-state index in [-0.39, 0.29) is 29.2 Å². The molecule has 1 aromatic carbocycles. The lowest BCUT2D eigenvalue weighted by Gasteiger charge is -2.20. The first-order valence-electron chi connectivity index (χ1n) is 8.22. The van der Waals surface area contributed by atoms with Gasteiger partial charge in [0.05, 0.1) is 13.0 Å². The van der Waals surface area contributed by atoms with E-state index >= 15 is 0 Å². The molecule has 0 saturated heterocycles. The summed E-state index contributed by atoms with van der Waals surface area (Å²) in [7, 11) is 0. The van der Waals surface area contributed by atoms with Gasteiger partial charge in [0.25, 0.3) is 5.56 Å². The zero-order valence-corrected chi connectivity index (χ0v) is 16.2. The summed E-state index contributed by atoms with van der Waals surface area (Å²) in [6.07, 6.45) is -0.291. The largest absolute Gasteiger partial charge is 0.460 e. The van der Waals surface area contributed by atoms with Crippen LogP contribution in [0.3, 0.4) is 0 Å². The Morgan fingerprint density at radius 3 is 2.63 bits per heavy atom. The van der Waals surface area contributed by atoms with Crippen LogP contribution in [0.1, 0.15) is 37.6 Å². The average molecular weight is 398 g/mol. The van der Waals surface area contributed by atoms with E-state index in [0.717, 1.165) is 4.68 Å². The van der Waals surface area contributed by atoms with Crippen molar-refractivity contribution >= 4 is 17.6 Å². The summed E-state index contributed by atoms with van der Waals surface area (Å²) in [6, 6.07) is 3.78. The molecule has 9 heteroatoms. The lowest BCUT2D eigenvalue weighted by Crippen LogP contribution is -2.44. The summed E-state index contributed by atoms with van der Waals surface area (Å²) >= 11 is 5.99. The maximum Gasteiger partial charge on any atom is 0.347 e. The number of aromatic amines is 1. The van der Waals surface area contributed by atoms with E-state index in [0.29, 0.717) is 5.56 Å². The Balaban J connectivity index is 2.30. The Labute approximate surface area is 160 Å².